The number of carbonyl (C=O) groups is 1. The van der Waals surface area contributed by atoms with Crippen LogP contribution in [0, 0.1) is 5.92 Å². The maximum absolute atomic E-state index is 10.3. The third-order valence-electron chi connectivity index (χ3n) is 1.34. The minimum absolute atomic E-state index is 0.133. The van der Waals surface area contributed by atoms with E-state index < -0.39 is 0 Å². The molecule has 0 bridgehead atoms. The average Bonchev–Trinajstić information content (AvgIpc) is 1.98. The van der Waals surface area contributed by atoms with Gasteiger partial charge < -0.3 is 4.79 Å². The number of rotatable bonds is 5. The van der Waals surface area contributed by atoms with Gasteiger partial charge in [-0.05, 0) is 19.8 Å². The fourth-order valence-corrected chi connectivity index (χ4v) is 0.732. The molecule has 0 aromatic heterocycles. The van der Waals surface area contributed by atoms with Crippen LogP contribution in [0.25, 0.3) is 0 Å². The van der Waals surface area contributed by atoms with Gasteiger partial charge in [-0.1, -0.05) is 18.2 Å². The second-order valence-corrected chi connectivity index (χ2v) is 2.23. The maximum atomic E-state index is 10.3. The summed E-state index contributed by atoms with van der Waals surface area (Å²) in [5, 5.41) is 0. The van der Waals surface area contributed by atoms with Crippen LogP contribution in [0.4, 0.5) is 0 Å². The first-order valence-electron chi connectivity index (χ1n) is 3.52. The summed E-state index contributed by atoms with van der Waals surface area (Å²) in [6.45, 7) is 5.53. The van der Waals surface area contributed by atoms with Crippen molar-refractivity contribution in [3.05, 3.63) is 24.8 Å². The second kappa shape index (κ2) is 6.27. The third-order valence-corrected chi connectivity index (χ3v) is 1.34. The highest BCUT2D eigenvalue weighted by molar-refractivity contribution is 5.54. The lowest BCUT2D eigenvalue weighted by atomic mass is 10.0. The number of hydrogen-bond donors (Lipinski definition) is 0. The van der Waals surface area contributed by atoms with Crippen molar-refractivity contribution in [3.63, 3.8) is 0 Å². The Labute approximate surface area is 62.4 Å². The van der Waals surface area contributed by atoms with Crippen molar-refractivity contribution < 1.29 is 4.79 Å². The number of allylic oxidation sites excluding steroid dienone is 3. The Morgan fingerprint density at radius 2 is 2.20 bits per heavy atom. The van der Waals surface area contributed by atoms with Crippen LogP contribution in [0.2, 0.25) is 0 Å². The van der Waals surface area contributed by atoms with Gasteiger partial charge in [-0.15, -0.1) is 6.58 Å². The highest BCUT2D eigenvalue weighted by atomic mass is 16.1. The lowest BCUT2D eigenvalue weighted by Gasteiger charge is -2.00. The monoisotopic (exact) mass is 138 g/mol. The Bertz CT molecular complexity index is 125. The summed E-state index contributed by atoms with van der Waals surface area (Å²) < 4.78 is 0. The Morgan fingerprint density at radius 3 is 2.60 bits per heavy atom. The van der Waals surface area contributed by atoms with Crippen molar-refractivity contribution in [3.8, 4) is 0 Å². The van der Waals surface area contributed by atoms with E-state index in [-0.39, 0.29) is 5.92 Å². The van der Waals surface area contributed by atoms with Crippen LogP contribution in [0.15, 0.2) is 24.8 Å². The number of hydrogen-bond acceptors (Lipinski definition) is 1. The van der Waals surface area contributed by atoms with Gasteiger partial charge >= 0.3 is 0 Å². The molecule has 1 unspecified atom stereocenters. The molecule has 0 N–H and O–H groups in total. The van der Waals surface area contributed by atoms with Gasteiger partial charge in [0.15, 0.2) is 0 Å². The zero-order valence-corrected chi connectivity index (χ0v) is 6.42. The molecule has 1 atom stereocenters. The summed E-state index contributed by atoms with van der Waals surface area (Å²) in [5.74, 6) is 0.133. The lowest BCUT2D eigenvalue weighted by Crippen LogP contribution is -1.97. The van der Waals surface area contributed by atoms with E-state index in [1.807, 2.05) is 19.1 Å². The molecular weight excluding hydrogens is 124 g/mol. The van der Waals surface area contributed by atoms with Crippen molar-refractivity contribution in [2.45, 2.75) is 19.8 Å². The predicted octanol–water partition coefficient (Wildman–Crippen LogP) is 2.34. The summed E-state index contributed by atoms with van der Waals surface area (Å²) in [6.07, 6.45) is 8.35. The molecule has 0 aliphatic carbocycles. The van der Waals surface area contributed by atoms with Gasteiger partial charge in [-0.25, -0.2) is 0 Å². The first kappa shape index (κ1) is 9.15. The van der Waals surface area contributed by atoms with Crippen LogP contribution in [0.5, 0.6) is 0 Å². The first-order chi connectivity index (χ1) is 4.85. The first-order valence-corrected chi connectivity index (χ1v) is 3.52. The molecular formula is C9H14O. The van der Waals surface area contributed by atoms with E-state index in [1.54, 1.807) is 6.08 Å². The number of aldehydes is 1. The van der Waals surface area contributed by atoms with E-state index in [4.69, 9.17) is 0 Å². The normalized spacial score (nSPS) is 13.3. The van der Waals surface area contributed by atoms with Crippen LogP contribution in [0.1, 0.15) is 19.8 Å². The van der Waals surface area contributed by atoms with Crippen molar-refractivity contribution in [2.24, 2.45) is 5.92 Å². The molecule has 0 saturated carbocycles. The molecule has 1 heteroatoms. The number of carbonyl (C=O) groups excluding carboxylic acids is 1. The summed E-state index contributed by atoms with van der Waals surface area (Å²) in [5.41, 5.74) is 0. The van der Waals surface area contributed by atoms with Gasteiger partial charge in [0.2, 0.25) is 0 Å². The summed E-state index contributed by atoms with van der Waals surface area (Å²) >= 11 is 0. The van der Waals surface area contributed by atoms with E-state index in [9.17, 15) is 4.79 Å². The Morgan fingerprint density at radius 1 is 1.50 bits per heavy atom. The van der Waals surface area contributed by atoms with Gasteiger partial charge in [-0.3, -0.25) is 0 Å². The Kier molecular flexibility index (Phi) is 5.74. The molecule has 0 fully saturated rings. The fourth-order valence-electron chi connectivity index (χ4n) is 0.732. The Balaban J connectivity index is 3.58. The molecule has 0 aromatic carbocycles. The van der Waals surface area contributed by atoms with Crippen LogP contribution in [0.3, 0.4) is 0 Å². The summed E-state index contributed by atoms with van der Waals surface area (Å²) in [7, 11) is 0. The van der Waals surface area contributed by atoms with Crippen molar-refractivity contribution in [1.29, 1.82) is 0 Å². The smallest absolute Gasteiger partial charge is 0.123 e. The van der Waals surface area contributed by atoms with E-state index in [1.165, 1.54) is 0 Å². The minimum Gasteiger partial charge on any atom is -0.303 e. The van der Waals surface area contributed by atoms with Gasteiger partial charge in [0.05, 0.1) is 0 Å². The standard InChI is InChI=1S/C9H14O/c1-3-5-7-9(8-10)6-4-2/h3-5,8-9H,2,6-7H2,1H3/b5-3+. The molecule has 0 rings (SSSR count). The largest absolute Gasteiger partial charge is 0.303 e. The fraction of sp³-hybridized carbons (Fsp3) is 0.444. The van der Waals surface area contributed by atoms with Crippen molar-refractivity contribution in [2.75, 3.05) is 0 Å². The van der Waals surface area contributed by atoms with Gasteiger partial charge in [0, 0.05) is 5.92 Å². The van der Waals surface area contributed by atoms with E-state index >= 15 is 0 Å². The van der Waals surface area contributed by atoms with E-state index in [2.05, 4.69) is 6.58 Å². The predicted molar refractivity (Wildman–Crippen MR) is 43.8 cm³/mol. The Hall–Kier alpha value is -0.850. The zero-order chi connectivity index (χ0) is 7.82. The molecule has 0 amide bonds. The zero-order valence-electron chi connectivity index (χ0n) is 6.42. The topological polar surface area (TPSA) is 17.1 Å². The minimum atomic E-state index is 0.133. The van der Waals surface area contributed by atoms with Gasteiger partial charge in [0.1, 0.15) is 6.29 Å². The van der Waals surface area contributed by atoms with Crippen LogP contribution in [-0.2, 0) is 4.79 Å². The van der Waals surface area contributed by atoms with E-state index in [0.29, 0.717) is 0 Å². The summed E-state index contributed by atoms with van der Waals surface area (Å²) in [6, 6.07) is 0. The SMILES string of the molecule is C=CCC(C=O)C/C=C/C. The molecule has 0 radical (unpaired) electrons. The van der Waals surface area contributed by atoms with Crippen molar-refractivity contribution >= 4 is 6.29 Å². The van der Waals surface area contributed by atoms with Crippen molar-refractivity contribution in [1.82, 2.24) is 0 Å². The molecule has 0 spiro atoms. The molecule has 0 aliphatic rings. The van der Waals surface area contributed by atoms with Gasteiger partial charge in [-0.2, -0.15) is 0 Å². The van der Waals surface area contributed by atoms with Crippen LogP contribution < -0.4 is 0 Å². The molecule has 0 heterocycles. The van der Waals surface area contributed by atoms with Gasteiger partial charge in [0.25, 0.3) is 0 Å². The lowest BCUT2D eigenvalue weighted by molar-refractivity contribution is -0.110. The average molecular weight is 138 g/mol. The maximum Gasteiger partial charge on any atom is 0.123 e. The molecule has 0 aliphatic heterocycles. The second-order valence-electron chi connectivity index (χ2n) is 2.23. The highest BCUT2D eigenvalue weighted by Gasteiger charge is 2.00. The highest BCUT2D eigenvalue weighted by Crippen LogP contribution is 2.05. The quantitative estimate of drug-likeness (QED) is 0.421. The van der Waals surface area contributed by atoms with Crippen LogP contribution in [-0.4, -0.2) is 6.29 Å². The molecule has 1 nitrogen and oxygen atoms in total. The molecule has 10 heavy (non-hydrogen) atoms. The summed E-state index contributed by atoms with van der Waals surface area (Å²) in [4.78, 5) is 10.3. The molecule has 0 aromatic rings. The van der Waals surface area contributed by atoms with Crippen LogP contribution >= 0.6 is 0 Å². The molecule has 56 valence electrons. The molecule has 0 saturated heterocycles. The third kappa shape index (κ3) is 4.07. The van der Waals surface area contributed by atoms with E-state index in [0.717, 1.165) is 19.1 Å².